The summed E-state index contributed by atoms with van der Waals surface area (Å²) in [7, 11) is 0. The Bertz CT molecular complexity index is 1150. The molecule has 0 fully saturated rings. The first kappa shape index (κ1) is 16.6. The standard InChI is InChI=1S/C22H16FN3O2/c23-17-10-11-24-22-18(17)21-25-19(15-8-6-14(12-27)7-9-15)20(26(21)13-28-22)16-4-2-1-3-5-16/h1-11,27H,12-13H2. The summed E-state index contributed by atoms with van der Waals surface area (Å²) in [6.45, 7) is 0.175. The van der Waals surface area contributed by atoms with Gasteiger partial charge in [-0.15, -0.1) is 0 Å². The second-order valence-electron chi connectivity index (χ2n) is 6.53. The Balaban J connectivity index is 1.79. The van der Waals surface area contributed by atoms with E-state index in [-0.39, 0.29) is 24.8 Å². The smallest absolute Gasteiger partial charge is 0.229 e. The van der Waals surface area contributed by atoms with Crippen molar-refractivity contribution in [3.05, 3.63) is 78.2 Å². The number of fused-ring (bicyclic) bond motifs is 3. The van der Waals surface area contributed by atoms with E-state index in [0.29, 0.717) is 5.82 Å². The highest BCUT2D eigenvalue weighted by Crippen LogP contribution is 2.41. The number of ether oxygens (including phenoxy) is 1. The topological polar surface area (TPSA) is 60.2 Å². The van der Waals surface area contributed by atoms with Crippen LogP contribution >= 0.6 is 0 Å². The number of benzene rings is 2. The second-order valence-corrected chi connectivity index (χ2v) is 6.53. The Labute approximate surface area is 160 Å². The minimum absolute atomic E-state index is 0.0242. The maximum atomic E-state index is 14.6. The van der Waals surface area contributed by atoms with Crippen molar-refractivity contribution in [1.29, 1.82) is 0 Å². The minimum atomic E-state index is -0.419. The van der Waals surface area contributed by atoms with E-state index in [9.17, 15) is 9.50 Å². The highest BCUT2D eigenvalue weighted by Gasteiger charge is 2.29. The van der Waals surface area contributed by atoms with E-state index in [4.69, 9.17) is 9.72 Å². The van der Waals surface area contributed by atoms with E-state index < -0.39 is 5.82 Å². The third-order valence-corrected chi connectivity index (χ3v) is 4.84. The van der Waals surface area contributed by atoms with Gasteiger partial charge in [0.15, 0.2) is 12.6 Å². The number of aliphatic hydroxyl groups is 1. The summed E-state index contributed by atoms with van der Waals surface area (Å²) in [6, 6.07) is 18.7. The molecular formula is C22H16FN3O2. The third kappa shape index (κ3) is 2.58. The van der Waals surface area contributed by atoms with Gasteiger partial charge in [0.25, 0.3) is 0 Å². The first-order valence-corrected chi connectivity index (χ1v) is 8.90. The molecule has 1 aliphatic rings. The van der Waals surface area contributed by atoms with Gasteiger partial charge < -0.3 is 9.84 Å². The molecule has 4 aromatic rings. The lowest BCUT2D eigenvalue weighted by Crippen LogP contribution is -2.15. The predicted molar refractivity (Wildman–Crippen MR) is 103 cm³/mol. The maximum absolute atomic E-state index is 14.6. The van der Waals surface area contributed by atoms with Gasteiger partial charge in [-0.3, -0.25) is 4.57 Å². The number of halogens is 1. The van der Waals surface area contributed by atoms with Gasteiger partial charge in [-0.1, -0.05) is 54.6 Å². The zero-order chi connectivity index (χ0) is 19.1. The molecule has 5 rings (SSSR count). The van der Waals surface area contributed by atoms with Crippen LogP contribution in [0.4, 0.5) is 4.39 Å². The molecule has 138 valence electrons. The molecule has 0 radical (unpaired) electrons. The van der Waals surface area contributed by atoms with Gasteiger partial charge in [0.1, 0.15) is 11.4 Å². The summed E-state index contributed by atoms with van der Waals surface area (Å²) < 4.78 is 22.2. The fourth-order valence-corrected chi connectivity index (χ4v) is 3.49. The van der Waals surface area contributed by atoms with Crippen molar-refractivity contribution in [3.8, 4) is 39.8 Å². The molecule has 1 aliphatic heterocycles. The van der Waals surface area contributed by atoms with E-state index in [0.717, 1.165) is 28.1 Å². The SMILES string of the molecule is OCc1ccc(-c2nc3n(c2-c2ccccc2)COc2nccc(F)c2-3)cc1. The van der Waals surface area contributed by atoms with Crippen LogP contribution in [0.3, 0.4) is 0 Å². The van der Waals surface area contributed by atoms with Crippen LogP contribution in [0.1, 0.15) is 5.56 Å². The Morgan fingerprint density at radius 3 is 2.54 bits per heavy atom. The van der Waals surface area contributed by atoms with Gasteiger partial charge in [-0.25, -0.2) is 14.4 Å². The number of hydrogen-bond donors (Lipinski definition) is 1. The van der Waals surface area contributed by atoms with Crippen molar-refractivity contribution in [1.82, 2.24) is 14.5 Å². The van der Waals surface area contributed by atoms with Crippen molar-refractivity contribution in [2.24, 2.45) is 0 Å². The van der Waals surface area contributed by atoms with Gasteiger partial charge in [-0.2, -0.15) is 0 Å². The largest absolute Gasteiger partial charge is 0.455 e. The summed E-state index contributed by atoms with van der Waals surface area (Å²) in [6.07, 6.45) is 1.39. The predicted octanol–water partition coefficient (Wildman–Crippen LogP) is 4.26. The van der Waals surface area contributed by atoms with Gasteiger partial charge >= 0.3 is 0 Å². The molecule has 0 amide bonds. The number of imidazole rings is 1. The Hall–Kier alpha value is -3.51. The molecule has 6 heteroatoms. The van der Waals surface area contributed by atoms with E-state index in [1.807, 2.05) is 59.2 Å². The van der Waals surface area contributed by atoms with Crippen LogP contribution in [0, 0.1) is 5.82 Å². The van der Waals surface area contributed by atoms with Gasteiger partial charge in [0.05, 0.1) is 18.0 Å². The van der Waals surface area contributed by atoms with Crippen molar-refractivity contribution in [2.75, 3.05) is 0 Å². The van der Waals surface area contributed by atoms with Crippen molar-refractivity contribution >= 4 is 0 Å². The number of nitrogens with zero attached hydrogens (tertiary/aromatic N) is 3. The molecule has 28 heavy (non-hydrogen) atoms. The number of aromatic nitrogens is 3. The van der Waals surface area contributed by atoms with E-state index in [1.165, 1.54) is 12.3 Å². The van der Waals surface area contributed by atoms with Crippen molar-refractivity contribution in [2.45, 2.75) is 13.3 Å². The lowest BCUT2D eigenvalue weighted by atomic mass is 10.0. The van der Waals surface area contributed by atoms with E-state index in [1.54, 1.807) is 0 Å². The van der Waals surface area contributed by atoms with Gasteiger partial charge in [0, 0.05) is 17.3 Å². The summed E-state index contributed by atoms with van der Waals surface area (Å²) >= 11 is 0. The number of pyridine rings is 1. The molecule has 0 saturated heterocycles. The highest BCUT2D eigenvalue weighted by molar-refractivity contribution is 5.83. The fourth-order valence-electron chi connectivity index (χ4n) is 3.49. The summed E-state index contributed by atoms with van der Waals surface area (Å²) in [5.41, 5.74) is 4.50. The Morgan fingerprint density at radius 1 is 1.00 bits per heavy atom. The molecule has 0 spiro atoms. The van der Waals surface area contributed by atoms with Crippen LogP contribution in [0.5, 0.6) is 5.88 Å². The molecule has 2 aromatic heterocycles. The average molecular weight is 373 g/mol. The molecule has 1 N–H and O–H groups in total. The van der Waals surface area contributed by atoms with Crippen LogP contribution in [0.15, 0.2) is 66.9 Å². The van der Waals surface area contributed by atoms with Crippen LogP contribution in [0.25, 0.3) is 33.9 Å². The zero-order valence-electron chi connectivity index (χ0n) is 14.8. The fraction of sp³-hybridized carbons (Fsp3) is 0.0909. The molecule has 0 unspecified atom stereocenters. The highest BCUT2D eigenvalue weighted by atomic mass is 19.1. The molecule has 0 atom stereocenters. The average Bonchev–Trinajstić information content (AvgIpc) is 3.14. The number of rotatable bonds is 3. The zero-order valence-corrected chi connectivity index (χ0v) is 14.8. The Kier molecular flexibility index (Phi) is 3.91. The van der Waals surface area contributed by atoms with E-state index >= 15 is 0 Å². The van der Waals surface area contributed by atoms with Gasteiger partial charge in [-0.05, 0) is 11.6 Å². The molecule has 0 saturated carbocycles. The maximum Gasteiger partial charge on any atom is 0.229 e. The molecule has 0 bridgehead atoms. The van der Waals surface area contributed by atoms with Gasteiger partial charge in [0.2, 0.25) is 5.88 Å². The summed E-state index contributed by atoms with van der Waals surface area (Å²) in [5.74, 6) is 0.323. The quantitative estimate of drug-likeness (QED) is 0.583. The third-order valence-electron chi connectivity index (χ3n) is 4.84. The van der Waals surface area contributed by atoms with Crippen molar-refractivity contribution in [3.63, 3.8) is 0 Å². The number of aliphatic hydroxyl groups excluding tert-OH is 1. The van der Waals surface area contributed by atoms with Crippen LogP contribution in [-0.2, 0) is 13.3 Å². The monoisotopic (exact) mass is 373 g/mol. The van der Waals surface area contributed by atoms with E-state index in [2.05, 4.69) is 4.98 Å². The van der Waals surface area contributed by atoms with Crippen LogP contribution in [0.2, 0.25) is 0 Å². The summed E-state index contributed by atoms with van der Waals surface area (Å²) in [5, 5.41) is 9.32. The van der Waals surface area contributed by atoms with Crippen LogP contribution < -0.4 is 4.74 Å². The molecular weight excluding hydrogens is 357 g/mol. The van der Waals surface area contributed by atoms with Crippen molar-refractivity contribution < 1.29 is 14.2 Å². The summed E-state index contributed by atoms with van der Waals surface area (Å²) in [4.78, 5) is 8.94. The number of hydrogen-bond acceptors (Lipinski definition) is 4. The molecule has 3 heterocycles. The first-order valence-electron chi connectivity index (χ1n) is 8.90. The second kappa shape index (κ2) is 6.58. The first-order chi connectivity index (χ1) is 13.8. The van der Waals surface area contributed by atoms with Crippen LogP contribution in [-0.4, -0.2) is 19.6 Å². The normalized spacial score (nSPS) is 12.2. The molecule has 2 aromatic carbocycles. The Morgan fingerprint density at radius 2 is 1.79 bits per heavy atom. The minimum Gasteiger partial charge on any atom is -0.455 e. The molecule has 0 aliphatic carbocycles. The molecule has 5 nitrogen and oxygen atoms in total. The lowest BCUT2D eigenvalue weighted by Gasteiger charge is -2.20. The lowest BCUT2D eigenvalue weighted by molar-refractivity contribution is 0.220.